The summed E-state index contributed by atoms with van der Waals surface area (Å²) in [5.41, 5.74) is 2.87. The van der Waals surface area contributed by atoms with Crippen LogP contribution in [0, 0.1) is 0 Å². The molecule has 0 N–H and O–H groups in total. The fourth-order valence-electron chi connectivity index (χ4n) is 4.28. The molecule has 1 atom stereocenters. The molecule has 0 radical (unpaired) electrons. The molecule has 39 heavy (non-hydrogen) atoms. The number of hydrogen-bond acceptors (Lipinski definition) is 10. The Bertz CT molecular complexity index is 1460. The number of benzene rings is 1. The molecule has 1 unspecified atom stereocenters. The SMILES string of the molecule is C1=CCCC(CC2=COCC(=Nc3nnc(-c4cccnc4OC(Cc4ccccc4)C4=COCO4)o3)O2)=C1. The van der Waals surface area contributed by atoms with Crippen LogP contribution >= 0.6 is 0 Å². The van der Waals surface area contributed by atoms with E-state index in [9.17, 15) is 0 Å². The molecule has 0 saturated carbocycles. The second-order valence-corrected chi connectivity index (χ2v) is 8.96. The van der Waals surface area contributed by atoms with Gasteiger partial charge in [0.05, 0.1) is 0 Å². The van der Waals surface area contributed by atoms with Gasteiger partial charge in [-0.3, -0.25) is 0 Å². The monoisotopic (exact) mass is 526 g/mol. The van der Waals surface area contributed by atoms with Crippen molar-refractivity contribution in [1.82, 2.24) is 15.2 Å². The lowest BCUT2D eigenvalue weighted by atomic mass is 10.0. The van der Waals surface area contributed by atoms with E-state index in [1.165, 1.54) is 5.57 Å². The molecule has 1 aliphatic carbocycles. The molecular weight excluding hydrogens is 500 g/mol. The van der Waals surface area contributed by atoms with E-state index in [0.29, 0.717) is 41.7 Å². The minimum atomic E-state index is -0.473. The maximum absolute atomic E-state index is 6.32. The first kappa shape index (κ1) is 24.5. The van der Waals surface area contributed by atoms with Gasteiger partial charge in [0.25, 0.3) is 5.89 Å². The summed E-state index contributed by atoms with van der Waals surface area (Å²) >= 11 is 0. The Labute approximate surface area is 224 Å². The van der Waals surface area contributed by atoms with Gasteiger partial charge in [-0.25, -0.2) is 4.98 Å². The quantitative estimate of drug-likeness (QED) is 0.354. The predicted octanol–water partition coefficient (Wildman–Crippen LogP) is 5.55. The van der Waals surface area contributed by atoms with E-state index in [1.54, 1.807) is 30.9 Å². The fourth-order valence-corrected chi connectivity index (χ4v) is 4.28. The third kappa shape index (κ3) is 6.18. The number of hydrogen-bond donors (Lipinski definition) is 0. The standard InChI is InChI=1S/C29H26N4O6/c1-3-8-20(9-4-1)14-22-16-34-18-26(37-22)31-29-33-32-28(39-29)23-12-7-13-30-27(23)38-24(25-17-35-19-36-25)15-21-10-5-2-6-11-21/h1-3,5-8,10-13,16-17,24H,4,9,14-15,18-19H2. The maximum Gasteiger partial charge on any atom is 0.345 e. The summed E-state index contributed by atoms with van der Waals surface area (Å²) < 4.78 is 34.6. The topological polar surface area (TPSA) is 110 Å². The highest BCUT2D eigenvalue weighted by Crippen LogP contribution is 2.31. The van der Waals surface area contributed by atoms with Gasteiger partial charge < -0.3 is 28.1 Å². The van der Waals surface area contributed by atoms with Gasteiger partial charge in [-0.15, -0.1) is 5.10 Å². The molecule has 3 aliphatic rings. The molecule has 1 aromatic carbocycles. The van der Waals surface area contributed by atoms with Crippen LogP contribution in [0.4, 0.5) is 6.01 Å². The Balaban J connectivity index is 1.18. The largest absolute Gasteiger partial charge is 0.488 e. The second kappa shape index (κ2) is 11.7. The van der Waals surface area contributed by atoms with Crippen molar-refractivity contribution in [2.75, 3.05) is 13.4 Å². The highest BCUT2D eigenvalue weighted by molar-refractivity contribution is 5.81. The van der Waals surface area contributed by atoms with Gasteiger partial charge in [-0.05, 0) is 30.5 Å². The van der Waals surface area contributed by atoms with E-state index in [0.717, 1.165) is 18.4 Å². The number of pyridine rings is 1. The van der Waals surface area contributed by atoms with Crippen LogP contribution in [0.3, 0.4) is 0 Å². The van der Waals surface area contributed by atoms with Gasteiger partial charge in [0.1, 0.15) is 23.8 Å². The Morgan fingerprint density at radius 3 is 2.82 bits per heavy atom. The summed E-state index contributed by atoms with van der Waals surface area (Å²) in [5.74, 6) is 2.12. The number of aliphatic imine (C=N–C) groups is 1. The van der Waals surface area contributed by atoms with Crippen LogP contribution in [0.15, 0.2) is 106 Å². The number of ether oxygens (including phenoxy) is 5. The highest BCUT2D eigenvalue weighted by Gasteiger charge is 2.26. The Morgan fingerprint density at radius 2 is 1.97 bits per heavy atom. The van der Waals surface area contributed by atoms with Crippen molar-refractivity contribution in [3.05, 3.63) is 102 Å². The average Bonchev–Trinajstić information content (AvgIpc) is 3.68. The molecule has 0 saturated heterocycles. The molecule has 4 heterocycles. The van der Waals surface area contributed by atoms with Crippen LogP contribution in [-0.4, -0.2) is 40.6 Å². The highest BCUT2D eigenvalue weighted by atomic mass is 16.7. The molecule has 2 aromatic heterocycles. The molecule has 3 aromatic rings. The van der Waals surface area contributed by atoms with Gasteiger partial charge >= 0.3 is 6.01 Å². The zero-order valence-corrected chi connectivity index (χ0v) is 21.1. The van der Waals surface area contributed by atoms with Crippen LogP contribution in [-0.2, 0) is 25.4 Å². The molecule has 198 valence electrons. The zero-order valence-electron chi connectivity index (χ0n) is 21.1. The summed E-state index contributed by atoms with van der Waals surface area (Å²) in [7, 11) is 0. The first-order chi connectivity index (χ1) is 19.3. The first-order valence-corrected chi connectivity index (χ1v) is 12.6. The Morgan fingerprint density at radius 1 is 1.03 bits per heavy atom. The van der Waals surface area contributed by atoms with Gasteiger partial charge in [-0.2, -0.15) is 4.99 Å². The van der Waals surface area contributed by atoms with Crippen molar-refractivity contribution >= 4 is 11.9 Å². The molecule has 0 bridgehead atoms. The van der Waals surface area contributed by atoms with Crippen molar-refractivity contribution < 1.29 is 28.1 Å². The molecular formula is C29H26N4O6. The lowest BCUT2D eigenvalue weighted by Gasteiger charge is -2.19. The lowest BCUT2D eigenvalue weighted by molar-refractivity contribution is 0.0549. The van der Waals surface area contributed by atoms with Gasteiger partial charge in [0.2, 0.25) is 18.6 Å². The summed E-state index contributed by atoms with van der Waals surface area (Å²) in [4.78, 5) is 8.79. The minimum Gasteiger partial charge on any atom is -0.488 e. The zero-order chi connectivity index (χ0) is 26.3. The van der Waals surface area contributed by atoms with Gasteiger partial charge in [-0.1, -0.05) is 59.2 Å². The van der Waals surface area contributed by atoms with Gasteiger partial charge in [0, 0.05) is 19.0 Å². The van der Waals surface area contributed by atoms with E-state index < -0.39 is 6.10 Å². The first-order valence-electron chi connectivity index (χ1n) is 12.6. The molecule has 10 nitrogen and oxygen atoms in total. The summed E-state index contributed by atoms with van der Waals surface area (Å²) in [6.07, 6.45) is 13.9. The lowest BCUT2D eigenvalue weighted by Crippen LogP contribution is -2.23. The molecule has 2 aliphatic heterocycles. The Hall–Kier alpha value is -4.86. The average molecular weight is 527 g/mol. The number of nitrogens with zero attached hydrogens (tertiary/aromatic N) is 4. The molecule has 0 amide bonds. The minimum absolute atomic E-state index is 0.0375. The number of allylic oxidation sites excluding steroid dienone is 4. The van der Waals surface area contributed by atoms with E-state index in [1.807, 2.05) is 30.3 Å². The molecule has 6 rings (SSSR count). The summed E-state index contributed by atoms with van der Waals surface area (Å²) in [6.45, 7) is 0.309. The molecule has 10 heteroatoms. The van der Waals surface area contributed by atoms with Crippen molar-refractivity contribution in [3.63, 3.8) is 0 Å². The fraction of sp³-hybridized carbons (Fsp3) is 0.241. The van der Waals surface area contributed by atoms with Crippen molar-refractivity contribution in [2.24, 2.45) is 4.99 Å². The van der Waals surface area contributed by atoms with Crippen LogP contribution in [0.5, 0.6) is 5.88 Å². The Kier molecular flexibility index (Phi) is 7.33. The third-order valence-corrected chi connectivity index (χ3v) is 6.14. The van der Waals surface area contributed by atoms with E-state index >= 15 is 0 Å². The maximum atomic E-state index is 6.32. The van der Waals surface area contributed by atoms with Crippen molar-refractivity contribution in [3.8, 4) is 17.3 Å². The van der Waals surface area contributed by atoms with Crippen molar-refractivity contribution in [2.45, 2.75) is 31.8 Å². The molecule has 0 spiro atoms. The van der Waals surface area contributed by atoms with Gasteiger partial charge in [0.15, 0.2) is 18.5 Å². The smallest absolute Gasteiger partial charge is 0.345 e. The van der Waals surface area contributed by atoms with Crippen LogP contribution in [0.25, 0.3) is 11.5 Å². The number of rotatable bonds is 9. The number of aromatic nitrogens is 3. The van der Waals surface area contributed by atoms with Crippen molar-refractivity contribution in [1.29, 1.82) is 0 Å². The van der Waals surface area contributed by atoms with E-state index in [-0.39, 0.29) is 25.3 Å². The predicted molar refractivity (Wildman–Crippen MR) is 140 cm³/mol. The van der Waals surface area contributed by atoms with E-state index in [4.69, 9.17) is 28.1 Å². The second-order valence-electron chi connectivity index (χ2n) is 8.96. The third-order valence-electron chi connectivity index (χ3n) is 6.14. The van der Waals surface area contributed by atoms with E-state index in [2.05, 4.69) is 38.4 Å². The normalized spacial score (nSPS) is 18.2. The van der Waals surface area contributed by atoms with Crippen LogP contribution in [0.2, 0.25) is 0 Å². The van der Waals surface area contributed by atoms with Crippen LogP contribution in [0.1, 0.15) is 24.8 Å². The summed E-state index contributed by atoms with van der Waals surface area (Å²) in [6, 6.07) is 13.6. The van der Waals surface area contributed by atoms with Crippen LogP contribution < -0.4 is 4.74 Å². The molecule has 0 fully saturated rings. The summed E-state index contributed by atoms with van der Waals surface area (Å²) in [5, 5.41) is 8.25.